The van der Waals surface area contributed by atoms with Gasteiger partial charge in [-0.15, -0.1) is 11.3 Å². The first kappa shape index (κ1) is 18.5. The van der Waals surface area contributed by atoms with E-state index in [9.17, 15) is 14.9 Å². The van der Waals surface area contributed by atoms with Crippen molar-refractivity contribution >= 4 is 28.1 Å². The molecule has 0 atom stereocenters. The van der Waals surface area contributed by atoms with Crippen LogP contribution in [0, 0.1) is 24.0 Å². The average Bonchev–Trinajstić information content (AvgIpc) is 3.01. The Kier molecular flexibility index (Phi) is 5.18. The van der Waals surface area contributed by atoms with Crippen molar-refractivity contribution < 1.29 is 14.5 Å². The van der Waals surface area contributed by atoms with Crippen LogP contribution < -0.4 is 10.1 Å². The summed E-state index contributed by atoms with van der Waals surface area (Å²) in [5.74, 6) is 0.227. The molecule has 8 heteroatoms. The first-order valence-electron chi connectivity index (χ1n) is 8.08. The Labute approximate surface area is 159 Å². The number of amides is 1. The fraction of sp³-hybridized carbons (Fsp3) is 0.158. The summed E-state index contributed by atoms with van der Waals surface area (Å²) in [7, 11) is 1.62. The van der Waals surface area contributed by atoms with Crippen LogP contribution in [0.25, 0.3) is 11.3 Å². The van der Waals surface area contributed by atoms with Gasteiger partial charge in [-0.2, -0.15) is 0 Å². The number of nitro groups is 1. The first-order chi connectivity index (χ1) is 12.9. The number of nitrogens with zero attached hydrogens (tertiary/aromatic N) is 2. The molecule has 138 valence electrons. The summed E-state index contributed by atoms with van der Waals surface area (Å²) in [6.45, 7) is 3.86. The van der Waals surface area contributed by atoms with Crippen LogP contribution in [0.1, 0.15) is 20.8 Å². The molecule has 3 aromatic rings. The number of methoxy groups -OCH3 is 1. The van der Waals surface area contributed by atoms with Crippen LogP contribution in [0.5, 0.6) is 5.75 Å². The second-order valence-corrected chi connectivity index (χ2v) is 7.04. The monoisotopic (exact) mass is 383 g/mol. The second-order valence-electron chi connectivity index (χ2n) is 5.84. The number of benzene rings is 2. The molecule has 1 aromatic heterocycles. The molecule has 1 amide bonds. The number of nitrogens with one attached hydrogen (secondary N) is 1. The minimum atomic E-state index is -0.576. The maximum atomic E-state index is 12.5. The van der Waals surface area contributed by atoms with E-state index in [1.807, 2.05) is 32.0 Å². The maximum Gasteiger partial charge on any atom is 0.282 e. The Morgan fingerprint density at radius 2 is 1.96 bits per heavy atom. The van der Waals surface area contributed by atoms with Gasteiger partial charge in [-0.1, -0.05) is 12.1 Å². The molecule has 0 spiro atoms. The van der Waals surface area contributed by atoms with Crippen molar-refractivity contribution in [1.82, 2.24) is 4.98 Å². The molecule has 0 fully saturated rings. The molecule has 27 heavy (non-hydrogen) atoms. The lowest BCUT2D eigenvalue weighted by Gasteiger charge is -2.06. The van der Waals surface area contributed by atoms with Crippen LogP contribution in [-0.2, 0) is 0 Å². The molecular weight excluding hydrogens is 366 g/mol. The Bertz CT molecular complexity index is 1030. The second kappa shape index (κ2) is 7.55. The van der Waals surface area contributed by atoms with Gasteiger partial charge in [0.1, 0.15) is 11.3 Å². The van der Waals surface area contributed by atoms with Gasteiger partial charge < -0.3 is 4.74 Å². The number of thiazole rings is 1. The van der Waals surface area contributed by atoms with Gasteiger partial charge in [0.2, 0.25) is 0 Å². The van der Waals surface area contributed by atoms with Crippen LogP contribution in [0.15, 0.2) is 42.5 Å². The van der Waals surface area contributed by atoms with E-state index < -0.39 is 10.8 Å². The van der Waals surface area contributed by atoms with Crippen molar-refractivity contribution in [2.45, 2.75) is 13.8 Å². The summed E-state index contributed by atoms with van der Waals surface area (Å²) in [4.78, 5) is 28.4. The van der Waals surface area contributed by atoms with Crippen molar-refractivity contribution in [1.29, 1.82) is 0 Å². The van der Waals surface area contributed by atoms with Gasteiger partial charge >= 0.3 is 0 Å². The number of hydrogen-bond acceptors (Lipinski definition) is 6. The van der Waals surface area contributed by atoms with E-state index in [0.717, 1.165) is 27.4 Å². The quantitative estimate of drug-likeness (QED) is 0.513. The highest BCUT2D eigenvalue weighted by atomic mass is 32.1. The zero-order valence-corrected chi connectivity index (χ0v) is 15.8. The highest BCUT2D eigenvalue weighted by Gasteiger charge is 2.21. The van der Waals surface area contributed by atoms with Crippen LogP contribution in [0.4, 0.5) is 10.8 Å². The van der Waals surface area contributed by atoms with Crippen LogP contribution in [-0.4, -0.2) is 22.9 Å². The van der Waals surface area contributed by atoms with Crippen LogP contribution >= 0.6 is 11.3 Å². The van der Waals surface area contributed by atoms with Crippen molar-refractivity contribution in [3.63, 3.8) is 0 Å². The molecule has 7 nitrogen and oxygen atoms in total. The fourth-order valence-electron chi connectivity index (χ4n) is 2.73. The molecule has 0 bridgehead atoms. The molecule has 0 unspecified atom stereocenters. The van der Waals surface area contributed by atoms with E-state index in [1.54, 1.807) is 13.2 Å². The summed E-state index contributed by atoms with van der Waals surface area (Å²) in [6, 6.07) is 11.6. The van der Waals surface area contributed by atoms with Gasteiger partial charge in [-0.3, -0.25) is 20.2 Å². The Balaban J connectivity index is 1.88. The lowest BCUT2D eigenvalue weighted by Crippen LogP contribution is -2.13. The third-order valence-electron chi connectivity index (χ3n) is 4.03. The highest BCUT2D eigenvalue weighted by molar-refractivity contribution is 7.16. The zero-order valence-electron chi connectivity index (χ0n) is 15.0. The van der Waals surface area contributed by atoms with Crippen LogP contribution in [0.3, 0.4) is 0 Å². The number of carbonyl (C=O) groups is 1. The summed E-state index contributed by atoms with van der Waals surface area (Å²) >= 11 is 1.32. The third kappa shape index (κ3) is 3.80. The standard InChI is InChI=1S/C19H17N3O4S/c1-11-10-13(8-9-16(11)26-3)17-12(2)27-19(20-17)21-18(23)14-6-4-5-7-15(14)22(24)25/h4-10H,1-3H3,(H,20,21,23). The maximum absolute atomic E-state index is 12.5. The summed E-state index contributed by atoms with van der Waals surface area (Å²) in [5.41, 5.74) is 2.40. The van der Waals surface area contributed by atoms with E-state index in [-0.39, 0.29) is 11.3 Å². The largest absolute Gasteiger partial charge is 0.496 e. The van der Waals surface area contributed by atoms with Crippen molar-refractivity contribution in [2.24, 2.45) is 0 Å². The third-order valence-corrected chi connectivity index (χ3v) is 4.92. The van der Waals surface area contributed by atoms with Gasteiger partial charge in [0.25, 0.3) is 11.6 Å². The Hall–Kier alpha value is -3.26. The predicted octanol–water partition coefficient (Wildman–Crippen LogP) is 4.60. The van der Waals surface area contributed by atoms with E-state index in [4.69, 9.17) is 4.74 Å². The molecule has 0 aliphatic heterocycles. The number of aromatic nitrogens is 1. The molecule has 2 aromatic carbocycles. The van der Waals surface area contributed by atoms with E-state index in [2.05, 4.69) is 10.3 Å². The van der Waals surface area contributed by atoms with E-state index in [0.29, 0.717) is 5.13 Å². The van der Waals surface area contributed by atoms with Crippen molar-refractivity contribution in [3.05, 3.63) is 68.6 Å². The number of para-hydroxylation sites is 1. The lowest BCUT2D eigenvalue weighted by atomic mass is 10.1. The minimum absolute atomic E-state index is 0.00260. The predicted molar refractivity (Wildman–Crippen MR) is 105 cm³/mol. The number of aryl methyl sites for hydroxylation is 2. The van der Waals surface area contributed by atoms with Gasteiger partial charge in [0.15, 0.2) is 5.13 Å². The number of nitro benzene ring substituents is 1. The van der Waals surface area contributed by atoms with Crippen LogP contribution in [0.2, 0.25) is 0 Å². The smallest absolute Gasteiger partial charge is 0.282 e. The molecule has 0 saturated heterocycles. The fourth-order valence-corrected chi connectivity index (χ4v) is 3.56. The summed E-state index contributed by atoms with van der Waals surface area (Å²) < 4.78 is 5.27. The summed E-state index contributed by atoms with van der Waals surface area (Å²) in [6.07, 6.45) is 0. The lowest BCUT2D eigenvalue weighted by molar-refractivity contribution is -0.385. The normalized spacial score (nSPS) is 10.5. The number of ether oxygens (including phenoxy) is 1. The topological polar surface area (TPSA) is 94.4 Å². The van der Waals surface area contributed by atoms with Crippen molar-refractivity contribution in [2.75, 3.05) is 12.4 Å². The first-order valence-corrected chi connectivity index (χ1v) is 8.89. The average molecular weight is 383 g/mol. The SMILES string of the molecule is COc1ccc(-c2nc(NC(=O)c3ccccc3[N+](=O)[O-])sc2C)cc1C. The van der Waals surface area contributed by atoms with E-state index >= 15 is 0 Å². The number of anilines is 1. The molecular formula is C19H17N3O4S. The van der Waals surface area contributed by atoms with Gasteiger partial charge in [-0.05, 0) is 43.7 Å². The van der Waals surface area contributed by atoms with E-state index in [1.165, 1.54) is 29.5 Å². The Morgan fingerprint density at radius 3 is 2.63 bits per heavy atom. The van der Waals surface area contributed by atoms with Gasteiger partial charge in [0.05, 0.1) is 17.7 Å². The number of carbonyl (C=O) groups excluding carboxylic acids is 1. The summed E-state index contributed by atoms with van der Waals surface area (Å²) in [5, 5.41) is 14.2. The van der Waals surface area contributed by atoms with Crippen molar-refractivity contribution in [3.8, 4) is 17.0 Å². The molecule has 1 heterocycles. The molecule has 3 rings (SSSR count). The highest BCUT2D eigenvalue weighted by Crippen LogP contribution is 2.33. The number of hydrogen-bond donors (Lipinski definition) is 1. The zero-order chi connectivity index (χ0) is 19.6. The molecule has 0 aliphatic carbocycles. The minimum Gasteiger partial charge on any atom is -0.496 e. The molecule has 1 N–H and O–H groups in total. The number of rotatable bonds is 5. The molecule has 0 saturated carbocycles. The molecule has 0 radical (unpaired) electrons. The molecule has 0 aliphatic rings. The van der Waals surface area contributed by atoms with Gasteiger partial charge in [-0.25, -0.2) is 4.98 Å². The van der Waals surface area contributed by atoms with Gasteiger partial charge in [0, 0.05) is 16.5 Å². The Morgan fingerprint density at radius 1 is 1.22 bits per heavy atom.